The zero-order chi connectivity index (χ0) is 17.6. The van der Waals surface area contributed by atoms with Gasteiger partial charge in [-0.25, -0.2) is 4.79 Å². The third-order valence-electron chi connectivity index (χ3n) is 5.00. The summed E-state index contributed by atoms with van der Waals surface area (Å²) in [6.45, 7) is 6.07. The SMILES string of the molecule is CCN(CC)C(=O)C1(NCc2ccc(C(=O)O)cc2)CCCCC1. The van der Waals surface area contributed by atoms with Gasteiger partial charge in [0.15, 0.2) is 0 Å². The van der Waals surface area contributed by atoms with Crippen molar-refractivity contribution in [1.82, 2.24) is 10.2 Å². The smallest absolute Gasteiger partial charge is 0.335 e. The van der Waals surface area contributed by atoms with Gasteiger partial charge in [0.25, 0.3) is 0 Å². The average Bonchev–Trinajstić information content (AvgIpc) is 2.62. The number of carbonyl (C=O) groups is 2. The zero-order valence-electron chi connectivity index (χ0n) is 14.7. The summed E-state index contributed by atoms with van der Waals surface area (Å²) in [5.41, 5.74) is 0.804. The third-order valence-corrected chi connectivity index (χ3v) is 5.00. The molecule has 1 fully saturated rings. The molecular formula is C19H28N2O3. The summed E-state index contributed by atoms with van der Waals surface area (Å²) in [5, 5.41) is 12.5. The molecule has 24 heavy (non-hydrogen) atoms. The molecule has 0 aromatic heterocycles. The minimum atomic E-state index is -0.921. The highest BCUT2D eigenvalue weighted by molar-refractivity contribution is 5.87. The molecule has 1 aliphatic rings. The van der Waals surface area contributed by atoms with E-state index in [4.69, 9.17) is 5.11 Å². The topological polar surface area (TPSA) is 69.6 Å². The predicted molar refractivity (Wildman–Crippen MR) is 94.0 cm³/mol. The number of rotatable bonds is 7. The highest BCUT2D eigenvalue weighted by Crippen LogP contribution is 2.30. The molecule has 132 valence electrons. The second kappa shape index (κ2) is 8.29. The standard InChI is InChI=1S/C19H28N2O3/c1-3-21(4-2)18(24)19(12-6-5-7-13-19)20-14-15-8-10-16(11-9-15)17(22)23/h8-11,20H,3-7,12-14H2,1-2H3,(H,22,23). The van der Waals surface area contributed by atoms with E-state index in [9.17, 15) is 9.59 Å². The highest BCUT2D eigenvalue weighted by atomic mass is 16.4. The summed E-state index contributed by atoms with van der Waals surface area (Å²) in [5.74, 6) is -0.718. The van der Waals surface area contributed by atoms with Crippen LogP contribution in [-0.2, 0) is 11.3 Å². The van der Waals surface area contributed by atoms with Crippen molar-refractivity contribution in [2.45, 2.75) is 58.0 Å². The molecule has 0 saturated heterocycles. The lowest BCUT2D eigenvalue weighted by Crippen LogP contribution is -2.58. The van der Waals surface area contributed by atoms with Gasteiger partial charge in [0.05, 0.1) is 11.1 Å². The molecule has 0 atom stereocenters. The molecule has 2 N–H and O–H groups in total. The van der Waals surface area contributed by atoms with Crippen LogP contribution in [0.4, 0.5) is 0 Å². The Kier molecular flexibility index (Phi) is 6.37. The normalized spacial score (nSPS) is 16.6. The molecule has 1 aromatic rings. The summed E-state index contributed by atoms with van der Waals surface area (Å²) < 4.78 is 0. The number of aromatic carboxylic acids is 1. The molecule has 0 aliphatic heterocycles. The van der Waals surface area contributed by atoms with Crippen molar-refractivity contribution in [3.8, 4) is 0 Å². The van der Waals surface area contributed by atoms with Crippen LogP contribution in [0.5, 0.6) is 0 Å². The second-order valence-electron chi connectivity index (χ2n) is 6.48. The third kappa shape index (κ3) is 4.15. The fourth-order valence-electron chi connectivity index (χ4n) is 3.47. The lowest BCUT2D eigenvalue weighted by molar-refractivity contribution is -0.139. The molecule has 2 rings (SSSR count). The number of carboxylic acids is 1. The summed E-state index contributed by atoms with van der Waals surface area (Å²) in [6, 6.07) is 6.85. The number of carbonyl (C=O) groups excluding carboxylic acids is 1. The van der Waals surface area contributed by atoms with Gasteiger partial charge in [-0.3, -0.25) is 10.1 Å². The van der Waals surface area contributed by atoms with Crippen molar-refractivity contribution in [3.05, 3.63) is 35.4 Å². The molecule has 5 heteroatoms. The maximum atomic E-state index is 13.0. The zero-order valence-corrected chi connectivity index (χ0v) is 14.7. The molecule has 1 aromatic carbocycles. The van der Waals surface area contributed by atoms with Gasteiger partial charge in [0, 0.05) is 19.6 Å². The van der Waals surface area contributed by atoms with E-state index in [1.807, 2.05) is 30.9 Å². The number of hydrogen-bond donors (Lipinski definition) is 2. The van der Waals surface area contributed by atoms with E-state index in [1.54, 1.807) is 12.1 Å². The Morgan fingerprint density at radius 3 is 2.17 bits per heavy atom. The van der Waals surface area contributed by atoms with E-state index in [1.165, 1.54) is 6.42 Å². The monoisotopic (exact) mass is 332 g/mol. The van der Waals surface area contributed by atoms with E-state index in [2.05, 4.69) is 5.32 Å². The van der Waals surface area contributed by atoms with Gasteiger partial charge in [-0.15, -0.1) is 0 Å². The first kappa shape index (κ1) is 18.5. The van der Waals surface area contributed by atoms with Gasteiger partial charge in [0.2, 0.25) is 5.91 Å². The van der Waals surface area contributed by atoms with Crippen LogP contribution in [0.3, 0.4) is 0 Å². The Balaban J connectivity index is 2.11. The molecule has 0 unspecified atom stereocenters. The molecule has 1 saturated carbocycles. The summed E-state index contributed by atoms with van der Waals surface area (Å²) >= 11 is 0. The second-order valence-corrected chi connectivity index (χ2v) is 6.48. The van der Waals surface area contributed by atoms with Crippen molar-refractivity contribution in [2.24, 2.45) is 0 Å². The number of carboxylic acid groups (broad SMARTS) is 1. The van der Waals surface area contributed by atoms with Crippen LogP contribution in [0.1, 0.15) is 61.9 Å². The number of nitrogens with zero attached hydrogens (tertiary/aromatic N) is 1. The van der Waals surface area contributed by atoms with E-state index in [0.29, 0.717) is 6.54 Å². The van der Waals surface area contributed by atoms with Crippen molar-refractivity contribution < 1.29 is 14.7 Å². The molecule has 0 bridgehead atoms. The Hall–Kier alpha value is -1.88. The minimum absolute atomic E-state index is 0.203. The molecule has 0 spiro atoms. The van der Waals surface area contributed by atoms with Gasteiger partial charge in [-0.2, -0.15) is 0 Å². The van der Waals surface area contributed by atoms with E-state index >= 15 is 0 Å². The molecular weight excluding hydrogens is 304 g/mol. The Labute approximate surface area is 144 Å². The van der Waals surface area contributed by atoms with Gasteiger partial charge in [-0.05, 0) is 44.4 Å². The van der Waals surface area contributed by atoms with Crippen LogP contribution < -0.4 is 5.32 Å². The fraction of sp³-hybridized carbons (Fsp3) is 0.579. The van der Waals surface area contributed by atoms with Crippen molar-refractivity contribution in [2.75, 3.05) is 13.1 Å². The van der Waals surface area contributed by atoms with Crippen molar-refractivity contribution >= 4 is 11.9 Å². The van der Waals surface area contributed by atoms with Gasteiger partial charge in [0.1, 0.15) is 0 Å². The molecule has 1 aliphatic carbocycles. The summed E-state index contributed by atoms with van der Waals surface area (Å²) in [7, 11) is 0. The Morgan fingerprint density at radius 2 is 1.67 bits per heavy atom. The number of benzene rings is 1. The largest absolute Gasteiger partial charge is 0.478 e. The summed E-state index contributed by atoms with van der Waals surface area (Å²) in [6.07, 6.45) is 5.06. The first-order valence-electron chi connectivity index (χ1n) is 8.89. The number of likely N-dealkylation sites (N-methyl/N-ethyl adjacent to an activating group) is 1. The average molecular weight is 332 g/mol. The first-order chi connectivity index (χ1) is 11.5. The Morgan fingerprint density at radius 1 is 1.08 bits per heavy atom. The maximum absolute atomic E-state index is 13.0. The minimum Gasteiger partial charge on any atom is -0.478 e. The van der Waals surface area contributed by atoms with Gasteiger partial charge >= 0.3 is 5.97 Å². The molecule has 1 amide bonds. The van der Waals surface area contributed by atoms with Crippen LogP contribution in [0.15, 0.2) is 24.3 Å². The quantitative estimate of drug-likeness (QED) is 0.805. The van der Waals surface area contributed by atoms with Gasteiger partial charge < -0.3 is 10.0 Å². The van der Waals surface area contributed by atoms with Crippen LogP contribution in [0.2, 0.25) is 0 Å². The van der Waals surface area contributed by atoms with E-state index in [0.717, 1.165) is 44.3 Å². The number of hydrogen-bond acceptors (Lipinski definition) is 3. The molecule has 0 radical (unpaired) electrons. The fourth-order valence-corrected chi connectivity index (χ4v) is 3.47. The van der Waals surface area contributed by atoms with E-state index < -0.39 is 11.5 Å². The van der Waals surface area contributed by atoms with Crippen LogP contribution in [0.25, 0.3) is 0 Å². The lowest BCUT2D eigenvalue weighted by atomic mass is 9.80. The van der Waals surface area contributed by atoms with Gasteiger partial charge in [-0.1, -0.05) is 31.4 Å². The van der Waals surface area contributed by atoms with Crippen molar-refractivity contribution in [3.63, 3.8) is 0 Å². The molecule has 5 nitrogen and oxygen atoms in total. The number of amides is 1. The van der Waals surface area contributed by atoms with Crippen LogP contribution in [0, 0.1) is 0 Å². The predicted octanol–water partition coefficient (Wildman–Crippen LogP) is 3.05. The maximum Gasteiger partial charge on any atom is 0.335 e. The highest BCUT2D eigenvalue weighted by Gasteiger charge is 2.40. The first-order valence-corrected chi connectivity index (χ1v) is 8.89. The van der Waals surface area contributed by atoms with E-state index in [-0.39, 0.29) is 11.5 Å². The Bertz CT molecular complexity index is 558. The summed E-state index contributed by atoms with van der Waals surface area (Å²) in [4.78, 5) is 25.9. The lowest BCUT2D eigenvalue weighted by Gasteiger charge is -2.40. The van der Waals surface area contributed by atoms with Crippen LogP contribution in [-0.4, -0.2) is 40.5 Å². The number of nitrogens with one attached hydrogen (secondary N) is 1. The van der Waals surface area contributed by atoms with Crippen LogP contribution >= 0.6 is 0 Å². The van der Waals surface area contributed by atoms with Crippen molar-refractivity contribution in [1.29, 1.82) is 0 Å². The molecule has 0 heterocycles.